The van der Waals surface area contributed by atoms with Crippen LogP contribution in [-0.2, 0) is 43.0 Å². The SMILES string of the molecule is CC(C)(C)OC(=O)NCCNCC(=O)O.CN(C)c1ccc(N=Nc2ccccc2C(=O)NCC(=O)N(CCNC(=O)OC(C)(C)C)CC(=O)O)cc1.CN(C)c1ccc(N=Nc2ccccc2C(=O)NCC(=O)O)cc1.CN(C)c1ccc(N=Nc2ccccc2C(=O)NCC(=O)OC(C)(C)C)cc1.CN(C)c1ccc(N=Nc2ccccc2C(=O)NCC(=O)Oc2c(F)c(F)c(F)c(F)c2F)cc1. The van der Waals surface area contributed by atoms with Crippen LogP contribution in [0.4, 0.5) is 99.8 Å². The van der Waals surface area contributed by atoms with Crippen LogP contribution in [0, 0.1) is 29.1 Å². The number of hydrogen-bond donors (Lipinski definition) is 10. The van der Waals surface area contributed by atoms with E-state index < -0.39 is 149 Å². The molecule has 140 heavy (non-hydrogen) atoms. The van der Waals surface area contributed by atoms with Crippen LogP contribution in [0.5, 0.6) is 5.75 Å². The Balaban J connectivity index is 0.000000317. The lowest BCUT2D eigenvalue weighted by Crippen LogP contribution is -2.46. The number of hydrogen-bond acceptors (Lipinski definition) is 29. The smallest absolute Gasteiger partial charge is 0.407 e. The van der Waals surface area contributed by atoms with Crippen LogP contribution in [0.3, 0.4) is 0 Å². The average molecular weight is 1950 g/mol. The Bertz CT molecular complexity index is 5830. The van der Waals surface area contributed by atoms with Crippen molar-refractivity contribution in [1.82, 2.24) is 42.1 Å². The van der Waals surface area contributed by atoms with Crippen LogP contribution >= 0.6 is 0 Å². The van der Waals surface area contributed by atoms with E-state index in [0.717, 1.165) is 27.6 Å². The summed E-state index contributed by atoms with van der Waals surface area (Å²) in [4.78, 5) is 150. The number of aliphatic carboxylic acids is 3. The molecule has 39 nitrogen and oxygen atoms in total. The Labute approximate surface area is 804 Å². The van der Waals surface area contributed by atoms with Gasteiger partial charge in [0.15, 0.2) is 0 Å². The van der Waals surface area contributed by atoms with E-state index in [0.29, 0.717) is 58.5 Å². The summed E-state index contributed by atoms with van der Waals surface area (Å²) >= 11 is 0. The third-order valence-corrected chi connectivity index (χ3v) is 17.5. The topological polar surface area (TPSA) is 502 Å². The van der Waals surface area contributed by atoms with Crippen molar-refractivity contribution < 1.29 is 114 Å². The highest BCUT2D eigenvalue weighted by atomic mass is 19.2. The van der Waals surface area contributed by atoms with E-state index in [9.17, 15) is 79.5 Å². The number of alkyl carbamates (subject to hydrolysis) is 2. The molecule has 0 heterocycles. The number of nitrogens with one attached hydrogen (secondary N) is 7. The van der Waals surface area contributed by atoms with E-state index in [2.05, 4.69) is 82.9 Å². The zero-order chi connectivity index (χ0) is 104. The fourth-order valence-corrected chi connectivity index (χ4v) is 10.9. The first-order chi connectivity index (χ1) is 65.9. The normalized spacial score (nSPS) is 11.0. The van der Waals surface area contributed by atoms with Crippen LogP contribution < -0.4 is 61.6 Å². The second kappa shape index (κ2) is 56.1. The number of azo groups is 4. The minimum Gasteiger partial charge on any atom is -0.480 e. The number of nitrogens with zero attached hydrogens (tertiary/aromatic N) is 13. The fraction of sp³-hybridized carbons (Fsp3) is 0.312. The minimum atomic E-state index is -2.40. The number of carboxylic acids is 3. The third-order valence-electron chi connectivity index (χ3n) is 17.5. The van der Waals surface area contributed by atoms with Gasteiger partial charge in [-0.3, -0.25) is 43.2 Å². The quantitative estimate of drug-likeness (QED) is 0.00258. The Morgan fingerprint density at radius 1 is 0.307 bits per heavy atom. The molecule has 0 spiro atoms. The van der Waals surface area contributed by atoms with Gasteiger partial charge in [0.25, 0.3) is 23.6 Å². The average Bonchev–Trinajstić information content (AvgIpc) is 0.792. The van der Waals surface area contributed by atoms with Crippen LogP contribution in [0.25, 0.3) is 0 Å². The molecule has 7 amide bonds. The highest BCUT2D eigenvalue weighted by Crippen LogP contribution is 2.32. The summed E-state index contributed by atoms with van der Waals surface area (Å²) in [7, 11) is 15.4. The molecule has 0 aliphatic heterocycles. The van der Waals surface area contributed by atoms with Gasteiger partial charge in [0.1, 0.15) is 43.0 Å². The first-order valence-electron chi connectivity index (χ1n) is 42.7. The molecule has 0 aliphatic rings. The monoisotopic (exact) mass is 1940 g/mol. The number of carbonyl (C=O) groups excluding carboxylic acids is 9. The molecule has 10 N–H and O–H groups in total. The summed E-state index contributed by atoms with van der Waals surface area (Å²) in [6.45, 7) is 13.6. The molecule has 0 bridgehead atoms. The molecular weight excluding hydrogens is 1830 g/mol. The fourth-order valence-electron chi connectivity index (χ4n) is 10.9. The van der Waals surface area contributed by atoms with Gasteiger partial charge in [0, 0.05) is 105 Å². The summed E-state index contributed by atoms with van der Waals surface area (Å²) < 4.78 is 86.4. The largest absolute Gasteiger partial charge is 0.480 e. The number of carbonyl (C=O) groups is 12. The van der Waals surface area contributed by atoms with E-state index >= 15 is 0 Å². The first kappa shape index (κ1) is 114. The molecular formula is C96H113F5N20O19. The first-order valence-corrected chi connectivity index (χ1v) is 42.7. The molecule has 9 aromatic carbocycles. The van der Waals surface area contributed by atoms with Crippen LogP contribution in [0.15, 0.2) is 235 Å². The van der Waals surface area contributed by atoms with Gasteiger partial charge < -0.3 is 96.0 Å². The summed E-state index contributed by atoms with van der Waals surface area (Å²) in [5.41, 5.74) is 6.73. The van der Waals surface area contributed by atoms with Crippen LogP contribution in [-0.4, -0.2) is 230 Å². The molecule has 0 saturated heterocycles. The lowest BCUT2D eigenvalue weighted by Gasteiger charge is -2.23. The predicted molar refractivity (Wildman–Crippen MR) is 513 cm³/mol. The number of rotatable bonds is 35. The van der Waals surface area contributed by atoms with Gasteiger partial charge in [-0.2, -0.15) is 29.2 Å². The molecule has 9 aromatic rings. The molecule has 0 aliphatic carbocycles. The summed E-state index contributed by atoms with van der Waals surface area (Å²) in [6, 6.07) is 55.5. The van der Waals surface area contributed by atoms with Crippen LogP contribution in [0.1, 0.15) is 104 Å². The van der Waals surface area contributed by atoms with Gasteiger partial charge in [-0.15, -0.1) is 20.5 Å². The standard InChI is InChI=1S/C26H34N6O6.C23H17F5N4O3.C21H26N4O3.C17H18N4O3.C9H18N2O4/c1-26(2,3)38-25(37)27-14-15-32(17-23(34)35)22(33)16-28-24(36)20-8-6-7-9-21(20)30-29-18-10-12-19(13-11-18)31(4)5;1-32(2)13-9-7-12(8-10-13)30-31-15-6-4-3-5-14(15)23(34)29-11-16(33)35-22-20(27)18(25)17(24)19(26)21(22)28;1-21(2,3)28-19(26)14-22-20(27)17-8-6-7-9-18(17)24-23-15-10-12-16(13-11-15)25(4)5;1-21(2)13-9-7-12(8-10-13)19-20-15-6-4-3-5-14(15)17(24)18-11-16(22)23;1-9(2,3)15-8(14)11-5-4-10-6-7(12)13/h6-13H,14-17H2,1-5H3,(H,27,37)(H,28,36)(H,34,35);3-10H,11H2,1-2H3,(H,29,34);6-13H,14H2,1-5H3,(H,22,27);3-10H,11H2,1-2H3,(H,18,24)(H,22,23);10H,4-6H2,1-3H3,(H,11,14)(H,12,13). The zero-order valence-corrected chi connectivity index (χ0v) is 80.1. The van der Waals surface area contributed by atoms with Crippen molar-refractivity contribution >= 4 is 140 Å². The second-order valence-corrected chi connectivity index (χ2v) is 33.2. The predicted octanol–water partition coefficient (Wildman–Crippen LogP) is 15.9. The number of carboxylic acid groups (broad SMARTS) is 3. The Hall–Kier alpha value is -16.6. The van der Waals surface area contributed by atoms with Crippen molar-refractivity contribution in [3.63, 3.8) is 0 Å². The van der Waals surface area contributed by atoms with Crippen molar-refractivity contribution in [1.29, 1.82) is 0 Å². The van der Waals surface area contributed by atoms with Gasteiger partial charge >= 0.3 is 42.0 Å². The maximum Gasteiger partial charge on any atom is 0.407 e. The Kier molecular flexibility index (Phi) is 45.6. The molecule has 0 fully saturated rings. The Morgan fingerprint density at radius 3 is 0.879 bits per heavy atom. The lowest BCUT2D eigenvalue weighted by atomic mass is 10.1. The lowest BCUT2D eigenvalue weighted by molar-refractivity contribution is -0.153. The third kappa shape index (κ3) is 42.1. The van der Waals surface area contributed by atoms with Crippen LogP contribution in [0.2, 0.25) is 0 Å². The van der Waals surface area contributed by atoms with Crippen molar-refractivity contribution in [2.24, 2.45) is 40.9 Å². The number of anilines is 4. The van der Waals surface area contributed by atoms with E-state index in [1.807, 2.05) is 149 Å². The Morgan fingerprint density at radius 2 is 0.586 bits per heavy atom. The van der Waals surface area contributed by atoms with Gasteiger partial charge in [0.05, 0.1) is 80.8 Å². The molecule has 9 rings (SSSR count). The van der Waals surface area contributed by atoms with E-state index in [-0.39, 0.29) is 48.6 Å². The van der Waals surface area contributed by atoms with Gasteiger partial charge in [-0.1, -0.05) is 48.5 Å². The molecule has 0 saturated carbocycles. The van der Waals surface area contributed by atoms with Crippen molar-refractivity contribution in [2.45, 2.75) is 79.1 Å². The summed E-state index contributed by atoms with van der Waals surface area (Å²) in [5, 5.41) is 76.3. The van der Waals surface area contributed by atoms with E-state index in [1.54, 1.807) is 165 Å². The van der Waals surface area contributed by atoms with Crippen molar-refractivity contribution in [2.75, 3.05) is 141 Å². The molecule has 746 valence electrons. The van der Waals surface area contributed by atoms with Gasteiger partial charge in [-0.05, 0) is 208 Å². The number of ether oxygens (including phenoxy) is 4. The molecule has 0 unspecified atom stereocenters. The van der Waals surface area contributed by atoms with E-state index in [4.69, 9.17) is 29.5 Å². The van der Waals surface area contributed by atoms with Crippen molar-refractivity contribution in [3.05, 3.63) is 245 Å². The minimum absolute atomic E-state index is 0.00481. The highest BCUT2D eigenvalue weighted by Gasteiger charge is 2.30. The number of benzene rings is 9. The summed E-state index contributed by atoms with van der Waals surface area (Å²) in [5.74, 6) is -21.5. The van der Waals surface area contributed by atoms with Gasteiger partial charge in [0.2, 0.25) is 40.7 Å². The number of esters is 2. The molecule has 0 radical (unpaired) electrons. The molecule has 0 aromatic heterocycles. The van der Waals surface area contributed by atoms with Gasteiger partial charge in [-0.25, -0.2) is 27.6 Å². The highest BCUT2D eigenvalue weighted by molar-refractivity contribution is 6.03. The van der Waals surface area contributed by atoms with Crippen molar-refractivity contribution in [3.8, 4) is 5.75 Å². The zero-order valence-electron chi connectivity index (χ0n) is 80.1. The maximum atomic E-state index is 13.7. The second-order valence-electron chi connectivity index (χ2n) is 33.2. The number of amides is 7. The summed E-state index contributed by atoms with van der Waals surface area (Å²) in [6.07, 6.45) is -1.19. The molecule has 44 heteroatoms. The maximum absolute atomic E-state index is 13.7. The van der Waals surface area contributed by atoms with E-state index in [1.165, 1.54) is 18.2 Å². The molecule has 0 atom stereocenters. The number of halogens is 5.